The van der Waals surface area contributed by atoms with Crippen LogP contribution in [0.25, 0.3) is 10.9 Å². The molecule has 2 aromatic carbocycles. The molecule has 3 rings (SSSR count). The number of nitrogens with zero attached hydrogens (tertiary/aromatic N) is 2. The molecule has 0 aliphatic heterocycles. The summed E-state index contributed by atoms with van der Waals surface area (Å²) in [6.45, 7) is -0.282. The predicted octanol–water partition coefficient (Wildman–Crippen LogP) is 3.97. The molecule has 0 saturated heterocycles. The standard InChI is InChI=1S/C17H12Cl2N2O3S/c18-12-6-5-10(7-13(12)19)8-21-16(25)11-3-1-2-4-14(11)20(17(21)24)9-15(22)23/h1-7H,8-9H2,(H,22,23). The molecule has 0 aliphatic rings. The molecule has 1 N–H and O–H groups in total. The van der Waals surface area contributed by atoms with Crippen molar-refractivity contribution < 1.29 is 9.90 Å². The summed E-state index contributed by atoms with van der Waals surface area (Å²) in [6.07, 6.45) is 0. The molecule has 3 aromatic rings. The maximum absolute atomic E-state index is 12.8. The average Bonchev–Trinajstić information content (AvgIpc) is 2.58. The van der Waals surface area contributed by atoms with E-state index >= 15 is 0 Å². The fourth-order valence-electron chi connectivity index (χ4n) is 2.62. The fraction of sp³-hybridized carbons (Fsp3) is 0.118. The van der Waals surface area contributed by atoms with Crippen LogP contribution in [0.15, 0.2) is 47.3 Å². The van der Waals surface area contributed by atoms with Gasteiger partial charge in [-0.1, -0.05) is 53.6 Å². The second-order valence-electron chi connectivity index (χ2n) is 5.42. The van der Waals surface area contributed by atoms with Gasteiger partial charge < -0.3 is 5.11 Å². The minimum Gasteiger partial charge on any atom is -0.480 e. The van der Waals surface area contributed by atoms with E-state index in [2.05, 4.69) is 0 Å². The highest BCUT2D eigenvalue weighted by Gasteiger charge is 2.13. The summed E-state index contributed by atoms with van der Waals surface area (Å²) in [4.78, 5) is 24.0. The van der Waals surface area contributed by atoms with Crippen LogP contribution >= 0.6 is 35.4 Å². The van der Waals surface area contributed by atoms with Crippen LogP contribution in [0, 0.1) is 4.64 Å². The summed E-state index contributed by atoms with van der Waals surface area (Å²) in [6, 6.07) is 12.0. The molecule has 0 spiro atoms. The molecule has 0 unspecified atom stereocenters. The van der Waals surface area contributed by atoms with E-state index in [-0.39, 0.29) is 6.54 Å². The summed E-state index contributed by atoms with van der Waals surface area (Å²) in [5.41, 5.74) is 0.738. The number of aromatic nitrogens is 2. The van der Waals surface area contributed by atoms with E-state index in [1.807, 2.05) is 0 Å². The topological polar surface area (TPSA) is 64.2 Å². The van der Waals surface area contributed by atoms with Crippen LogP contribution in [0.4, 0.5) is 0 Å². The van der Waals surface area contributed by atoms with E-state index < -0.39 is 18.2 Å². The summed E-state index contributed by atoms with van der Waals surface area (Å²) in [5, 5.41) is 10.6. The Kier molecular flexibility index (Phi) is 4.94. The van der Waals surface area contributed by atoms with Crippen LogP contribution in [-0.4, -0.2) is 20.2 Å². The van der Waals surface area contributed by atoms with Gasteiger partial charge in [0.25, 0.3) is 0 Å². The Morgan fingerprint density at radius 3 is 2.48 bits per heavy atom. The van der Waals surface area contributed by atoms with Crippen LogP contribution in [0.2, 0.25) is 10.0 Å². The van der Waals surface area contributed by atoms with Gasteiger partial charge >= 0.3 is 11.7 Å². The first-order valence-corrected chi connectivity index (χ1v) is 8.43. The first-order chi connectivity index (χ1) is 11.9. The van der Waals surface area contributed by atoms with Crippen molar-refractivity contribution in [2.75, 3.05) is 0 Å². The zero-order chi connectivity index (χ0) is 18.1. The Hall–Kier alpha value is -2.15. The van der Waals surface area contributed by atoms with E-state index in [0.29, 0.717) is 25.6 Å². The van der Waals surface area contributed by atoms with Crippen molar-refractivity contribution in [3.63, 3.8) is 0 Å². The molecule has 0 saturated carbocycles. The van der Waals surface area contributed by atoms with Crippen molar-refractivity contribution in [2.45, 2.75) is 13.1 Å². The Morgan fingerprint density at radius 2 is 1.80 bits per heavy atom. The van der Waals surface area contributed by atoms with Crippen LogP contribution in [0.5, 0.6) is 0 Å². The first-order valence-electron chi connectivity index (χ1n) is 7.26. The first kappa shape index (κ1) is 17.7. The van der Waals surface area contributed by atoms with Gasteiger partial charge in [-0.25, -0.2) is 4.79 Å². The van der Waals surface area contributed by atoms with Crippen LogP contribution < -0.4 is 5.69 Å². The molecule has 5 nitrogen and oxygen atoms in total. The van der Waals surface area contributed by atoms with Crippen molar-refractivity contribution in [2.24, 2.45) is 0 Å². The van der Waals surface area contributed by atoms with Crippen LogP contribution in [0.3, 0.4) is 0 Å². The SMILES string of the molecule is O=C(O)Cn1c(=O)n(Cc2ccc(Cl)c(Cl)c2)c(=S)c2ccccc21. The Labute approximate surface area is 157 Å². The number of benzene rings is 2. The lowest BCUT2D eigenvalue weighted by atomic mass is 10.2. The van der Waals surface area contributed by atoms with Gasteiger partial charge in [-0.15, -0.1) is 0 Å². The number of carboxylic acids is 1. The summed E-state index contributed by atoms with van der Waals surface area (Å²) in [7, 11) is 0. The van der Waals surface area contributed by atoms with Crippen molar-refractivity contribution in [1.29, 1.82) is 0 Å². The second kappa shape index (κ2) is 7.00. The Bertz CT molecular complexity index is 1110. The summed E-state index contributed by atoms with van der Waals surface area (Å²) >= 11 is 17.4. The van der Waals surface area contributed by atoms with Gasteiger partial charge in [-0.3, -0.25) is 13.9 Å². The maximum Gasteiger partial charge on any atom is 0.330 e. The molecule has 1 heterocycles. The fourth-order valence-corrected chi connectivity index (χ4v) is 3.25. The van der Waals surface area contributed by atoms with E-state index in [4.69, 9.17) is 40.5 Å². The number of aliphatic carboxylic acids is 1. The lowest BCUT2D eigenvalue weighted by Gasteiger charge is -2.14. The zero-order valence-electron chi connectivity index (χ0n) is 12.8. The summed E-state index contributed by atoms with van der Waals surface area (Å²) in [5.74, 6) is -1.11. The van der Waals surface area contributed by atoms with Gasteiger partial charge in [-0.2, -0.15) is 0 Å². The minimum atomic E-state index is -1.11. The van der Waals surface area contributed by atoms with Gasteiger partial charge in [0.05, 0.1) is 22.1 Å². The average molecular weight is 395 g/mol. The molecular formula is C17H12Cl2N2O3S. The highest BCUT2D eigenvalue weighted by atomic mass is 35.5. The van der Waals surface area contributed by atoms with E-state index in [1.54, 1.807) is 42.5 Å². The van der Waals surface area contributed by atoms with Crippen LogP contribution in [-0.2, 0) is 17.9 Å². The van der Waals surface area contributed by atoms with Crippen molar-refractivity contribution in [3.8, 4) is 0 Å². The molecule has 1 aromatic heterocycles. The van der Waals surface area contributed by atoms with Gasteiger partial charge in [-0.05, 0) is 29.8 Å². The van der Waals surface area contributed by atoms with Crippen molar-refractivity contribution >= 4 is 52.3 Å². The Morgan fingerprint density at radius 1 is 1.08 bits per heavy atom. The Balaban J connectivity index is 2.24. The molecule has 0 aliphatic carbocycles. The molecule has 0 radical (unpaired) electrons. The smallest absolute Gasteiger partial charge is 0.330 e. The van der Waals surface area contributed by atoms with E-state index in [0.717, 1.165) is 5.56 Å². The number of rotatable bonds is 4. The molecule has 25 heavy (non-hydrogen) atoms. The predicted molar refractivity (Wildman–Crippen MR) is 100 cm³/mol. The quantitative estimate of drug-likeness (QED) is 0.679. The lowest BCUT2D eigenvalue weighted by molar-refractivity contribution is -0.137. The molecule has 8 heteroatoms. The largest absolute Gasteiger partial charge is 0.480 e. The van der Waals surface area contributed by atoms with Gasteiger partial charge in [0, 0.05) is 5.39 Å². The van der Waals surface area contributed by atoms with Gasteiger partial charge in [0.2, 0.25) is 0 Å². The lowest BCUT2D eigenvalue weighted by Crippen LogP contribution is -2.34. The minimum absolute atomic E-state index is 0.166. The molecular weight excluding hydrogens is 383 g/mol. The van der Waals surface area contributed by atoms with E-state index in [1.165, 1.54) is 9.13 Å². The highest BCUT2D eigenvalue weighted by Crippen LogP contribution is 2.23. The number of fused-ring (bicyclic) bond motifs is 1. The molecule has 0 atom stereocenters. The van der Waals surface area contributed by atoms with Crippen LogP contribution in [0.1, 0.15) is 5.56 Å². The number of hydrogen-bond acceptors (Lipinski definition) is 3. The van der Waals surface area contributed by atoms with Crippen molar-refractivity contribution in [3.05, 3.63) is 73.2 Å². The molecule has 128 valence electrons. The number of carboxylic acid groups (broad SMARTS) is 1. The van der Waals surface area contributed by atoms with Gasteiger partial charge in [0.15, 0.2) is 0 Å². The highest BCUT2D eigenvalue weighted by molar-refractivity contribution is 7.71. The zero-order valence-corrected chi connectivity index (χ0v) is 15.1. The third-order valence-corrected chi connectivity index (χ3v) is 4.93. The number of carbonyl (C=O) groups is 1. The normalized spacial score (nSPS) is 11.0. The van der Waals surface area contributed by atoms with Gasteiger partial charge in [0.1, 0.15) is 11.2 Å². The monoisotopic (exact) mass is 394 g/mol. The van der Waals surface area contributed by atoms with Crippen molar-refractivity contribution in [1.82, 2.24) is 9.13 Å². The number of halogens is 2. The summed E-state index contributed by atoms with van der Waals surface area (Å²) < 4.78 is 2.90. The van der Waals surface area contributed by atoms with E-state index in [9.17, 15) is 9.59 Å². The molecule has 0 fully saturated rings. The second-order valence-corrected chi connectivity index (χ2v) is 6.62. The third-order valence-electron chi connectivity index (χ3n) is 3.75. The maximum atomic E-state index is 12.8. The molecule has 0 bridgehead atoms. The number of para-hydroxylation sites is 1. The molecule has 0 amide bonds. The number of hydrogen-bond donors (Lipinski definition) is 1. The third kappa shape index (κ3) is 3.46.